The smallest absolute Gasteiger partial charge is 0.337 e. The minimum atomic E-state index is -3.68. The lowest BCUT2D eigenvalue weighted by Gasteiger charge is -2.38. The number of ether oxygens (including phenoxy) is 2. The number of aryl methyl sites for hydroxylation is 1. The van der Waals surface area contributed by atoms with Crippen LogP contribution in [0.3, 0.4) is 0 Å². The van der Waals surface area contributed by atoms with E-state index in [1.54, 1.807) is 13.0 Å². The zero-order chi connectivity index (χ0) is 20.7. The third kappa shape index (κ3) is 5.53. The lowest BCUT2D eigenvalue weighted by molar-refractivity contribution is 0.00297. The van der Waals surface area contributed by atoms with Crippen LogP contribution in [-0.2, 0) is 19.5 Å². The van der Waals surface area contributed by atoms with Crippen LogP contribution in [0.4, 0.5) is 0 Å². The molecule has 0 bridgehead atoms. The number of rotatable bonds is 9. The predicted octanol–water partition coefficient (Wildman–Crippen LogP) is 2.20. The molecule has 1 atom stereocenters. The Morgan fingerprint density at radius 2 is 1.89 bits per heavy atom. The zero-order valence-corrected chi connectivity index (χ0v) is 18.0. The summed E-state index contributed by atoms with van der Waals surface area (Å²) in [6, 6.07) is 4.61. The van der Waals surface area contributed by atoms with Crippen LogP contribution in [0.25, 0.3) is 0 Å². The molecule has 1 aromatic rings. The predicted molar refractivity (Wildman–Crippen MR) is 108 cm³/mol. The van der Waals surface area contributed by atoms with Crippen LogP contribution in [-0.4, -0.2) is 65.3 Å². The monoisotopic (exact) mass is 412 g/mol. The van der Waals surface area contributed by atoms with Gasteiger partial charge in [0.2, 0.25) is 10.0 Å². The fraction of sp³-hybridized carbons (Fsp3) is 0.650. The van der Waals surface area contributed by atoms with Crippen molar-refractivity contribution in [3.8, 4) is 0 Å². The number of sulfonamides is 1. The highest BCUT2D eigenvalue weighted by molar-refractivity contribution is 7.89. The maximum atomic E-state index is 12.9. The van der Waals surface area contributed by atoms with Crippen molar-refractivity contribution >= 4 is 16.0 Å². The summed E-state index contributed by atoms with van der Waals surface area (Å²) in [5, 5.41) is 0. The summed E-state index contributed by atoms with van der Waals surface area (Å²) in [5.41, 5.74) is 0.850. The fourth-order valence-corrected chi connectivity index (χ4v) is 5.08. The Morgan fingerprint density at radius 1 is 1.25 bits per heavy atom. The highest BCUT2D eigenvalue weighted by Crippen LogP contribution is 2.22. The van der Waals surface area contributed by atoms with Gasteiger partial charge < -0.3 is 9.47 Å². The van der Waals surface area contributed by atoms with E-state index in [1.165, 1.54) is 19.2 Å². The highest BCUT2D eigenvalue weighted by atomic mass is 32.2. The van der Waals surface area contributed by atoms with Crippen LogP contribution in [0.15, 0.2) is 23.1 Å². The molecule has 158 valence electrons. The van der Waals surface area contributed by atoms with Gasteiger partial charge in [-0.25, -0.2) is 17.9 Å². The van der Waals surface area contributed by atoms with E-state index in [0.717, 1.165) is 25.9 Å². The van der Waals surface area contributed by atoms with E-state index in [-0.39, 0.29) is 10.9 Å². The molecule has 1 aliphatic rings. The molecule has 2 rings (SSSR count). The topological polar surface area (TPSA) is 84.9 Å². The Hall–Kier alpha value is -1.48. The molecule has 1 heterocycles. The lowest BCUT2D eigenvalue weighted by Crippen LogP contribution is -2.52. The van der Waals surface area contributed by atoms with Gasteiger partial charge in [-0.2, -0.15) is 0 Å². The fourth-order valence-electron chi connectivity index (χ4n) is 3.80. The quantitative estimate of drug-likeness (QED) is 0.626. The van der Waals surface area contributed by atoms with Crippen molar-refractivity contribution in [2.45, 2.75) is 44.6 Å². The van der Waals surface area contributed by atoms with E-state index < -0.39 is 16.0 Å². The van der Waals surface area contributed by atoms with Gasteiger partial charge in [-0.15, -0.1) is 0 Å². The number of carbonyl (C=O) groups excluding carboxylic acids is 1. The lowest BCUT2D eigenvalue weighted by atomic mass is 9.92. The van der Waals surface area contributed by atoms with Gasteiger partial charge in [0.05, 0.1) is 30.8 Å². The summed E-state index contributed by atoms with van der Waals surface area (Å²) < 4.78 is 38.8. The van der Waals surface area contributed by atoms with Crippen molar-refractivity contribution in [3.05, 3.63) is 29.3 Å². The molecule has 0 spiro atoms. The number of nitrogens with one attached hydrogen (secondary N) is 1. The molecule has 0 radical (unpaired) electrons. The molecule has 1 unspecified atom stereocenters. The van der Waals surface area contributed by atoms with Crippen molar-refractivity contribution in [1.29, 1.82) is 0 Å². The Morgan fingerprint density at radius 3 is 2.43 bits per heavy atom. The summed E-state index contributed by atoms with van der Waals surface area (Å²) >= 11 is 0. The molecule has 8 heteroatoms. The third-order valence-corrected chi connectivity index (χ3v) is 7.06. The number of benzene rings is 1. The standard InChI is InChI=1S/C20H32N2O5S/c1-5-16(6-2)18(22-9-11-27-12-10-22)14-21-28(24,25)19-8-7-17(13-15(19)3)20(23)26-4/h7-8,13,16,18,21H,5-6,9-12,14H2,1-4H3. The second-order valence-corrected chi connectivity index (χ2v) is 8.85. The van der Waals surface area contributed by atoms with E-state index >= 15 is 0 Å². The molecular weight excluding hydrogens is 380 g/mol. The van der Waals surface area contributed by atoms with Crippen LogP contribution >= 0.6 is 0 Å². The van der Waals surface area contributed by atoms with E-state index in [2.05, 4.69) is 23.5 Å². The number of methoxy groups -OCH3 is 1. The summed E-state index contributed by atoms with van der Waals surface area (Å²) in [5.74, 6) is -0.0790. The van der Waals surface area contributed by atoms with Crippen molar-refractivity contribution in [2.75, 3.05) is 40.0 Å². The minimum Gasteiger partial charge on any atom is -0.465 e. The largest absolute Gasteiger partial charge is 0.465 e. The Kier molecular flexibility index (Phi) is 8.42. The van der Waals surface area contributed by atoms with Gasteiger partial charge in [0.15, 0.2) is 0 Å². The molecule has 0 saturated carbocycles. The zero-order valence-electron chi connectivity index (χ0n) is 17.2. The molecule has 1 aliphatic heterocycles. The van der Waals surface area contributed by atoms with Crippen LogP contribution in [0.5, 0.6) is 0 Å². The number of carbonyl (C=O) groups is 1. The first-order valence-electron chi connectivity index (χ1n) is 9.84. The molecule has 1 N–H and O–H groups in total. The Labute approximate surface area is 168 Å². The van der Waals surface area contributed by atoms with Crippen molar-refractivity contribution in [2.24, 2.45) is 5.92 Å². The number of morpholine rings is 1. The second kappa shape index (κ2) is 10.3. The summed E-state index contributed by atoms with van der Waals surface area (Å²) in [7, 11) is -2.38. The van der Waals surface area contributed by atoms with Gasteiger partial charge in [-0.05, 0) is 36.6 Å². The molecule has 7 nitrogen and oxygen atoms in total. The van der Waals surface area contributed by atoms with Crippen molar-refractivity contribution in [3.63, 3.8) is 0 Å². The normalized spacial score (nSPS) is 16.9. The molecule has 28 heavy (non-hydrogen) atoms. The molecular formula is C20H32N2O5S. The van der Waals surface area contributed by atoms with Crippen molar-refractivity contribution < 1.29 is 22.7 Å². The average molecular weight is 413 g/mol. The SMILES string of the molecule is CCC(CC)C(CNS(=O)(=O)c1ccc(C(=O)OC)cc1C)N1CCOCC1. The Bertz CT molecular complexity index is 756. The van der Waals surface area contributed by atoms with E-state index in [4.69, 9.17) is 9.47 Å². The van der Waals surface area contributed by atoms with E-state index in [1.807, 2.05) is 0 Å². The van der Waals surface area contributed by atoms with Crippen LogP contribution < -0.4 is 4.72 Å². The molecule has 1 aromatic carbocycles. The number of esters is 1. The van der Waals surface area contributed by atoms with Gasteiger partial charge in [0.25, 0.3) is 0 Å². The average Bonchev–Trinajstić information content (AvgIpc) is 2.70. The molecule has 0 aromatic heterocycles. The first-order valence-corrected chi connectivity index (χ1v) is 11.3. The summed E-state index contributed by atoms with van der Waals surface area (Å²) in [6.07, 6.45) is 1.99. The van der Waals surface area contributed by atoms with E-state index in [0.29, 0.717) is 36.8 Å². The van der Waals surface area contributed by atoms with Gasteiger partial charge >= 0.3 is 5.97 Å². The van der Waals surface area contributed by atoms with Crippen molar-refractivity contribution in [1.82, 2.24) is 9.62 Å². The van der Waals surface area contributed by atoms with Gasteiger partial charge in [-0.1, -0.05) is 26.7 Å². The molecule has 0 amide bonds. The maximum Gasteiger partial charge on any atom is 0.337 e. The second-order valence-electron chi connectivity index (χ2n) is 7.12. The Balaban J connectivity index is 2.17. The number of hydrogen-bond donors (Lipinski definition) is 1. The summed E-state index contributed by atoms with van der Waals surface area (Å²) in [6.45, 7) is 9.31. The first kappa shape index (κ1) is 22.8. The van der Waals surface area contributed by atoms with Crippen LogP contribution in [0.1, 0.15) is 42.6 Å². The van der Waals surface area contributed by atoms with Gasteiger partial charge in [-0.3, -0.25) is 4.90 Å². The van der Waals surface area contributed by atoms with Gasteiger partial charge in [0.1, 0.15) is 0 Å². The molecule has 0 aliphatic carbocycles. The van der Waals surface area contributed by atoms with Gasteiger partial charge in [0, 0.05) is 25.7 Å². The molecule has 1 fully saturated rings. The number of nitrogens with zero attached hydrogens (tertiary/aromatic N) is 1. The maximum absolute atomic E-state index is 12.9. The van der Waals surface area contributed by atoms with Crippen LogP contribution in [0, 0.1) is 12.8 Å². The first-order chi connectivity index (χ1) is 13.3. The van der Waals surface area contributed by atoms with E-state index in [9.17, 15) is 13.2 Å². The molecule has 1 saturated heterocycles. The van der Waals surface area contributed by atoms with Crippen LogP contribution in [0.2, 0.25) is 0 Å². The number of hydrogen-bond acceptors (Lipinski definition) is 6. The minimum absolute atomic E-state index is 0.128. The highest BCUT2D eigenvalue weighted by Gasteiger charge is 2.29. The third-order valence-electron chi connectivity index (χ3n) is 5.48. The summed E-state index contributed by atoms with van der Waals surface area (Å²) in [4.78, 5) is 14.2.